The first-order chi connectivity index (χ1) is 14.6. The van der Waals surface area contributed by atoms with Gasteiger partial charge in [-0.1, -0.05) is 55.8 Å². The summed E-state index contributed by atoms with van der Waals surface area (Å²) in [5, 5.41) is 2.87. The number of hydrogen-bond donors (Lipinski definition) is 1. The molecule has 2 amide bonds. The summed E-state index contributed by atoms with van der Waals surface area (Å²) >= 11 is 0. The zero-order chi connectivity index (χ0) is 21.3. The van der Waals surface area contributed by atoms with Gasteiger partial charge in [-0.05, 0) is 30.2 Å². The average Bonchev–Trinajstić information content (AvgIpc) is 3.12. The van der Waals surface area contributed by atoms with Gasteiger partial charge < -0.3 is 14.8 Å². The zero-order valence-electron chi connectivity index (χ0n) is 17.5. The number of nitrogens with zero attached hydrogens (tertiary/aromatic N) is 3. The number of fused-ring (bicyclic) bond motifs is 1. The standard InChI is InChI=1S/C24H28N4O2/c1-3-4-16-27(2)24(30)18-28-21-13-9-8-12-20(21)26-22(28)17-25-23(29)15-14-19-10-6-5-7-11-19/h5-15H,3-4,16-18H2,1-2H3,(H,25,29)/b15-14-. The van der Waals surface area contributed by atoms with Crippen LogP contribution in [0.15, 0.2) is 60.7 Å². The summed E-state index contributed by atoms with van der Waals surface area (Å²) in [6.45, 7) is 3.29. The van der Waals surface area contributed by atoms with Crippen molar-refractivity contribution in [3.63, 3.8) is 0 Å². The summed E-state index contributed by atoms with van der Waals surface area (Å²) in [5.41, 5.74) is 2.66. The van der Waals surface area contributed by atoms with E-state index in [1.54, 1.807) is 11.0 Å². The highest BCUT2D eigenvalue weighted by molar-refractivity contribution is 5.91. The molecular weight excluding hydrogens is 376 g/mol. The van der Waals surface area contributed by atoms with Crippen molar-refractivity contribution >= 4 is 28.9 Å². The molecule has 6 nitrogen and oxygen atoms in total. The Labute approximate surface area is 177 Å². The third-order valence-electron chi connectivity index (χ3n) is 4.95. The molecule has 2 aromatic carbocycles. The van der Waals surface area contributed by atoms with Gasteiger partial charge in [0.05, 0.1) is 17.6 Å². The van der Waals surface area contributed by atoms with E-state index >= 15 is 0 Å². The third-order valence-corrected chi connectivity index (χ3v) is 4.95. The number of benzene rings is 2. The highest BCUT2D eigenvalue weighted by Crippen LogP contribution is 2.16. The van der Waals surface area contributed by atoms with Crippen LogP contribution in [0.3, 0.4) is 0 Å². The van der Waals surface area contributed by atoms with E-state index in [1.807, 2.05) is 66.2 Å². The fourth-order valence-corrected chi connectivity index (χ4v) is 3.17. The molecule has 0 saturated carbocycles. The Hall–Kier alpha value is -3.41. The van der Waals surface area contributed by atoms with Gasteiger partial charge in [-0.25, -0.2) is 4.98 Å². The molecule has 0 unspecified atom stereocenters. The Morgan fingerprint density at radius 2 is 1.83 bits per heavy atom. The van der Waals surface area contributed by atoms with Crippen molar-refractivity contribution in [3.05, 3.63) is 72.1 Å². The largest absolute Gasteiger partial charge is 0.345 e. The number of carbonyl (C=O) groups is 2. The Bertz CT molecular complexity index is 1020. The predicted octanol–water partition coefficient (Wildman–Crippen LogP) is 3.62. The molecule has 1 N–H and O–H groups in total. The summed E-state index contributed by atoms with van der Waals surface area (Å²) in [4.78, 5) is 31.3. The van der Waals surface area contributed by atoms with Gasteiger partial charge in [-0.2, -0.15) is 0 Å². The van der Waals surface area contributed by atoms with Gasteiger partial charge in [-0.3, -0.25) is 9.59 Å². The predicted molar refractivity (Wildman–Crippen MR) is 120 cm³/mol. The van der Waals surface area contributed by atoms with Crippen LogP contribution in [0, 0.1) is 0 Å². The van der Waals surface area contributed by atoms with Crippen molar-refractivity contribution in [2.45, 2.75) is 32.9 Å². The quantitative estimate of drug-likeness (QED) is 0.554. The molecule has 0 radical (unpaired) electrons. The molecule has 0 aliphatic carbocycles. The number of aromatic nitrogens is 2. The Kier molecular flexibility index (Phi) is 7.38. The maximum absolute atomic E-state index is 12.7. The highest BCUT2D eigenvalue weighted by Gasteiger charge is 2.16. The van der Waals surface area contributed by atoms with Gasteiger partial charge in [0.15, 0.2) is 0 Å². The molecule has 0 saturated heterocycles. The van der Waals surface area contributed by atoms with Crippen LogP contribution in [-0.2, 0) is 22.7 Å². The van der Waals surface area contributed by atoms with Crippen LogP contribution in [0.5, 0.6) is 0 Å². The van der Waals surface area contributed by atoms with Crippen LogP contribution in [0.2, 0.25) is 0 Å². The van der Waals surface area contributed by atoms with Crippen LogP contribution in [-0.4, -0.2) is 39.9 Å². The van der Waals surface area contributed by atoms with Crippen molar-refractivity contribution in [1.29, 1.82) is 0 Å². The van der Waals surface area contributed by atoms with Gasteiger partial charge in [0, 0.05) is 19.7 Å². The van der Waals surface area contributed by atoms with Gasteiger partial charge in [-0.15, -0.1) is 0 Å². The maximum Gasteiger partial charge on any atom is 0.244 e. The van der Waals surface area contributed by atoms with E-state index in [2.05, 4.69) is 17.2 Å². The van der Waals surface area contributed by atoms with E-state index in [1.165, 1.54) is 6.08 Å². The molecule has 1 aromatic heterocycles. The molecule has 156 valence electrons. The lowest BCUT2D eigenvalue weighted by Crippen LogP contribution is -2.32. The van der Waals surface area contributed by atoms with E-state index in [0.29, 0.717) is 5.82 Å². The summed E-state index contributed by atoms with van der Waals surface area (Å²) in [7, 11) is 1.83. The molecule has 0 spiro atoms. The summed E-state index contributed by atoms with van der Waals surface area (Å²) < 4.78 is 1.89. The van der Waals surface area contributed by atoms with Crippen molar-refractivity contribution in [2.75, 3.05) is 13.6 Å². The second kappa shape index (κ2) is 10.4. The summed E-state index contributed by atoms with van der Waals surface area (Å²) in [6.07, 6.45) is 5.29. The number of rotatable bonds is 9. The molecule has 0 aliphatic heterocycles. The minimum absolute atomic E-state index is 0.0307. The molecule has 3 rings (SSSR count). The first-order valence-corrected chi connectivity index (χ1v) is 10.3. The van der Waals surface area contributed by atoms with E-state index in [4.69, 9.17) is 0 Å². The zero-order valence-corrected chi connectivity index (χ0v) is 17.5. The van der Waals surface area contributed by atoms with Crippen LogP contribution in [0.25, 0.3) is 17.1 Å². The fraction of sp³-hybridized carbons (Fsp3) is 0.292. The lowest BCUT2D eigenvalue weighted by molar-refractivity contribution is -0.130. The van der Waals surface area contributed by atoms with Crippen LogP contribution < -0.4 is 5.32 Å². The number of imidazole rings is 1. The Balaban J connectivity index is 1.72. The van der Waals surface area contributed by atoms with Gasteiger partial charge in [0.25, 0.3) is 0 Å². The van der Waals surface area contributed by atoms with Crippen molar-refractivity contribution in [3.8, 4) is 0 Å². The number of nitrogens with one attached hydrogen (secondary N) is 1. The van der Waals surface area contributed by atoms with E-state index in [9.17, 15) is 9.59 Å². The third kappa shape index (κ3) is 5.56. The molecule has 3 aromatic rings. The molecule has 0 aliphatic rings. The summed E-state index contributed by atoms with van der Waals surface area (Å²) in [6, 6.07) is 17.4. The smallest absolute Gasteiger partial charge is 0.244 e. The van der Waals surface area contributed by atoms with Crippen LogP contribution >= 0.6 is 0 Å². The molecule has 0 fully saturated rings. The Morgan fingerprint density at radius 1 is 1.10 bits per heavy atom. The topological polar surface area (TPSA) is 67.2 Å². The van der Waals surface area contributed by atoms with E-state index < -0.39 is 0 Å². The minimum atomic E-state index is -0.205. The lowest BCUT2D eigenvalue weighted by atomic mass is 10.2. The van der Waals surface area contributed by atoms with Gasteiger partial charge in [0.2, 0.25) is 11.8 Å². The number of amides is 2. The van der Waals surface area contributed by atoms with Crippen LogP contribution in [0.4, 0.5) is 0 Å². The second-order valence-corrected chi connectivity index (χ2v) is 7.23. The van der Waals surface area contributed by atoms with E-state index in [0.717, 1.165) is 36.0 Å². The van der Waals surface area contributed by atoms with Crippen molar-refractivity contribution < 1.29 is 9.59 Å². The number of carbonyl (C=O) groups excluding carboxylic acids is 2. The molecule has 0 bridgehead atoms. The molecule has 30 heavy (non-hydrogen) atoms. The summed E-state index contributed by atoms with van der Waals surface area (Å²) in [5.74, 6) is 0.488. The average molecular weight is 405 g/mol. The number of unbranched alkanes of at least 4 members (excludes halogenated alkanes) is 1. The van der Waals surface area contributed by atoms with Gasteiger partial charge in [0.1, 0.15) is 12.4 Å². The fourth-order valence-electron chi connectivity index (χ4n) is 3.17. The second-order valence-electron chi connectivity index (χ2n) is 7.23. The molecule has 1 heterocycles. The molecule has 0 atom stereocenters. The number of para-hydroxylation sites is 2. The maximum atomic E-state index is 12.7. The minimum Gasteiger partial charge on any atom is -0.345 e. The number of hydrogen-bond acceptors (Lipinski definition) is 3. The molecular formula is C24H28N4O2. The SMILES string of the molecule is CCCCN(C)C(=O)Cn1c(CNC(=O)/C=C\c2ccccc2)nc2ccccc21. The van der Waals surface area contributed by atoms with Crippen molar-refractivity contribution in [1.82, 2.24) is 19.8 Å². The van der Waals surface area contributed by atoms with Crippen molar-refractivity contribution in [2.24, 2.45) is 0 Å². The Morgan fingerprint density at radius 3 is 2.60 bits per heavy atom. The molecule has 6 heteroatoms. The highest BCUT2D eigenvalue weighted by atomic mass is 16.2. The van der Waals surface area contributed by atoms with Crippen LogP contribution in [0.1, 0.15) is 31.2 Å². The first kappa shape index (κ1) is 21.3. The number of likely N-dealkylation sites (N-methyl/N-ethyl adjacent to an activating group) is 1. The van der Waals surface area contributed by atoms with Gasteiger partial charge >= 0.3 is 0 Å². The first-order valence-electron chi connectivity index (χ1n) is 10.3. The monoisotopic (exact) mass is 404 g/mol. The lowest BCUT2D eigenvalue weighted by Gasteiger charge is -2.18. The van der Waals surface area contributed by atoms with E-state index in [-0.39, 0.29) is 24.9 Å². The normalized spacial score (nSPS) is 11.1.